The first kappa shape index (κ1) is 22.1. The number of nitrogens with one attached hydrogen (secondary N) is 1. The van der Waals surface area contributed by atoms with Crippen LogP contribution in [0.3, 0.4) is 0 Å². The summed E-state index contributed by atoms with van der Waals surface area (Å²) in [5.41, 5.74) is -3.25. The van der Waals surface area contributed by atoms with Gasteiger partial charge in [-0.15, -0.1) is 0 Å². The second-order valence-corrected chi connectivity index (χ2v) is 7.44. The van der Waals surface area contributed by atoms with Crippen molar-refractivity contribution in [3.05, 3.63) is 0 Å². The second kappa shape index (κ2) is 8.45. The Labute approximate surface area is 162 Å². The molecular formula is C16H25BN2O9. The summed E-state index contributed by atoms with van der Waals surface area (Å²) in [5, 5.41) is 30.9. The number of aliphatic carboxylic acids is 3. The highest BCUT2D eigenvalue weighted by molar-refractivity contribution is 6.48. The van der Waals surface area contributed by atoms with Crippen molar-refractivity contribution in [2.45, 2.75) is 43.1 Å². The zero-order valence-corrected chi connectivity index (χ0v) is 15.8. The van der Waals surface area contributed by atoms with Gasteiger partial charge >= 0.3 is 25.0 Å². The number of likely N-dealkylation sites (N-methyl/N-ethyl adjacent to an activating group) is 2. The van der Waals surface area contributed by atoms with Crippen LogP contribution in [0.4, 0.5) is 0 Å². The van der Waals surface area contributed by atoms with Gasteiger partial charge in [-0.1, -0.05) is 6.42 Å². The molecule has 2 aliphatic heterocycles. The fourth-order valence-electron chi connectivity index (χ4n) is 4.06. The molecule has 0 radical (unpaired) electrons. The van der Waals surface area contributed by atoms with Gasteiger partial charge in [-0.3, -0.25) is 14.4 Å². The average Bonchev–Trinajstić information content (AvgIpc) is 2.90. The Hall–Kier alpha value is -2.18. The van der Waals surface area contributed by atoms with Crippen molar-refractivity contribution < 1.29 is 43.8 Å². The predicted octanol–water partition coefficient (Wildman–Crippen LogP) is -0.879. The number of hydrogen-bond donors (Lipinski definition) is 4. The van der Waals surface area contributed by atoms with E-state index in [4.69, 9.17) is 14.4 Å². The molecule has 2 fully saturated rings. The molecule has 0 aromatic rings. The van der Waals surface area contributed by atoms with E-state index in [1.165, 1.54) is 0 Å². The number of carboxylic acid groups (broad SMARTS) is 3. The number of hydrogen-bond acceptors (Lipinski definition) is 8. The Kier molecular flexibility index (Phi) is 6.68. The Morgan fingerprint density at radius 2 is 1.96 bits per heavy atom. The van der Waals surface area contributed by atoms with Gasteiger partial charge in [0.15, 0.2) is 5.60 Å². The highest BCUT2D eigenvalue weighted by Crippen LogP contribution is 2.33. The molecule has 0 aromatic carbocycles. The maximum Gasteiger partial charge on any atom is 0.528 e. The topological polar surface area (TPSA) is 163 Å². The molecule has 2 rings (SSSR count). The van der Waals surface area contributed by atoms with Crippen molar-refractivity contribution >= 4 is 31.0 Å². The van der Waals surface area contributed by atoms with Gasteiger partial charge in [-0.25, -0.2) is 4.79 Å². The Balaban J connectivity index is 2.01. The summed E-state index contributed by atoms with van der Waals surface area (Å²) in [6.07, 6.45) is -0.506. The number of carbonyl (C=O) groups excluding carboxylic acids is 1. The normalized spacial score (nSPS) is 30.9. The zero-order valence-electron chi connectivity index (χ0n) is 15.8. The molecular weight excluding hydrogens is 375 g/mol. The largest absolute Gasteiger partial charge is 0.528 e. The van der Waals surface area contributed by atoms with E-state index in [9.17, 15) is 29.4 Å². The van der Waals surface area contributed by atoms with Crippen molar-refractivity contribution in [2.75, 3.05) is 27.2 Å². The van der Waals surface area contributed by atoms with E-state index in [2.05, 4.69) is 5.32 Å². The molecule has 12 heteroatoms. The van der Waals surface area contributed by atoms with Crippen molar-refractivity contribution in [3.8, 4) is 0 Å². The molecule has 2 heterocycles. The summed E-state index contributed by atoms with van der Waals surface area (Å²) in [6.45, 7) is 0.912. The summed E-state index contributed by atoms with van der Waals surface area (Å²) in [7, 11) is 2.23. The van der Waals surface area contributed by atoms with Gasteiger partial charge in [-0.05, 0) is 26.8 Å². The highest BCUT2D eigenvalue weighted by atomic mass is 16.6. The first-order chi connectivity index (χ1) is 13.0. The van der Waals surface area contributed by atoms with Gasteiger partial charge in [0.1, 0.15) is 5.54 Å². The van der Waals surface area contributed by atoms with E-state index in [0.29, 0.717) is 25.9 Å². The molecule has 3 unspecified atom stereocenters. The highest BCUT2D eigenvalue weighted by Gasteiger charge is 2.53. The molecule has 2 saturated heterocycles. The zero-order chi connectivity index (χ0) is 21.1. The van der Waals surface area contributed by atoms with Crippen LogP contribution in [0.5, 0.6) is 0 Å². The van der Waals surface area contributed by atoms with Crippen molar-refractivity contribution in [3.63, 3.8) is 0 Å². The van der Waals surface area contributed by atoms with Gasteiger partial charge in [0.2, 0.25) is 0 Å². The first-order valence-electron chi connectivity index (χ1n) is 8.98. The maximum atomic E-state index is 11.8. The third-order valence-electron chi connectivity index (χ3n) is 5.44. The summed E-state index contributed by atoms with van der Waals surface area (Å²) in [6, 6.07) is 0. The van der Waals surface area contributed by atoms with Crippen molar-refractivity contribution in [2.24, 2.45) is 5.92 Å². The van der Waals surface area contributed by atoms with Gasteiger partial charge in [-0.2, -0.15) is 0 Å². The SMILES string of the molecule is CNC1(C(=O)O)CN(C)CC1CCCB1OC(=O)CC(CC(=O)O)(C(=O)O)O1. The fourth-order valence-corrected chi connectivity index (χ4v) is 4.06. The number of nitrogens with zero attached hydrogens (tertiary/aromatic N) is 1. The van der Waals surface area contributed by atoms with Crippen molar-refractivity contribution in [1.29, 1.82) is 0 Å². The van der Waals surface area contributed by atoms with Crippen LogP contribution < -0.4 is 5.32 Å². The Morgan fingerprint density at radius 3 is 2.50 bits per heavy atom. The minimum Gasteiger partial charge on any atom is -0.509 e. The van der Waals surface area contributed by atoms with Gasteiger partial charge in [0, 0.05) is 19.0 Å². The monoisotopic (exact) mass is 400 g/mol. The van der Waals surface area contributed by atoms with Gasteiger partial charge in [0.05, 0.1) is 12.8 Å². The van der Waals surface area contributed by atoms with E-state index in [1.807, 2.05) is 11.9 Å². The van der Waals surface area contributed by atoms with E-state index >= 15 is 0 Å². The molecule has 4 N–H and O–H groups in total. The molecule has 0 amide bonds. The van der Waals surface area contributed by atoms with Crippen LogP contribution in [0.1, 0.15) is 25.7 Å². The van der Waals surface area contributed by atoms with Crippen LogP contribution in [-0.2, 0) is 28.5 Å². The average molecular weight is 400 g/mol. The first-order valence-corrected chi connectivity index (χ1v) is 8.98. The van der Waals surface area contributed by atoms with E-state index < -0.39 is 55.0 Å². The van der Waals surface area contributed by atoms with Gasteiger partial charge < -0.3 is 34.8 Å². The number of carbonyl (C=O) groups is 4. The van der Waals surface area contributed by atoms with Crippen LogP contribution >= 0.6 is 0 Å². The van der Waals surface area contributed by atoms with Crippen LogP contribution in [-0.4, -0.2) is 89.5 Å². The molecule has 0 bridgehead atoms. The third kappa shape index (κ3) is 4.45. The minimum atomic E-state index is -2.16. The number of carboxylic acids is 3. The van der Waals surface area contributed by atoms with Gasteiger partial charge in [0.25, 0.3) is 5.97 Å². The second-order valence-electron chi connectivity index (χ2n) is 7.44. The summed E-state index contributed by atoms with van der Waals surface area (Å²) < 4.78 is 10.4. The van der Waals surface area contributed by atoms with E-state index in [-0.39, 0.29) is 12.2 Å². The summed E-state index contributed by atoms with van der Waals surface area (Å²) in [5.74, 6) is -4.92. The lowest BCUT2D eigenvalue weighted by atomic mass is 9.75. The molecule has 156 valence electrons. The third-order valence-corrected chi connectivity index (χ3v) is 5.44. The van der Waals surface area contributed by atoms with Crippen LogP contribution in [0.25, 0.3) is 0 Å². The predicted molar refractivity (Wildman–Crippen MR) is 94.6 cm³/mol. The lowest BCUT2D eigenvalue weighted by molar-refractivity contribution is -0.174. The van der Waals surface area contributed by atoms with Crippen LogP contribution in [0, 0.1) is 5.92 Å². The van der Waals surface area contributed by atoms with Crippen molar-refractivity contribution in [1.82, 2.24) is 10.2 Å². The summed E-state index contributed by atoms with van der Waals surface area (Å²) >= 11 is 0. The molecule has 28 heavy (non-hydrogen) atoms. The maximum absolute atomic E-state index is 11.8. The van der Waals surface area contributed by atoms with E-state index in [1.54, 1.807) is 7.05 Å². The molecule has 0 saturated carbocycles. The number of rotatable bonds is 9. The lowest BCUT2D eigenvalue weighted by Crippen LogP contribution is -2.56. The molecule has 2 aliphatic rings. The number of likely N-dealkylation sites (tertiary alicyclic amines) is 1. The minimum absolute atomic E-state index is 0.139. The molecule has 0 aromatic heterocycles. The van der Waals surface area contributed by atoms with E-state index in [0.717, 1.165) is 0 Å². The standard InChI is InChI=1S/C16H25BN2O9/c1-18-16(14(25)26)9-19(2)8-10(16)4-3-5-17-27-12(22)7-15(28-17,13(23)24)6-11(20)21/h10,18H,3-9H2,1-2H3,(H,20,21)(H,23,24)(H,25,26). The molecule has 11 nitrogen and oxygen atoms in total. The fraction of sp³-hybridized carbons (Fsp3) is 0.750. The van der Waals surface area contributed by atoms with Crippen LogP contribution in [0.15, 0.2) is 0 Å². The Bertz CT molecular complexity index is 656. The molecule has 3 atom stereocenters. The molecule has 0 spiro atoms. The Morgan fingerprint density at radius 1 is 1.29 bits per heavy atom. The summed E-state index contributed by atoms with van der Waals surface area (Å²) in [4.78, 5) is 48.1. The molecule has 0 aliphatic carbocycles. The van der Waals surface area contributed by atoms with Crippen LogP contribution in [0.2, 0.25) is 6.32 Å². The smallest absolute Gasteiger partial charge is 0.509 e. The quantitative estimate of drug-likeness (QED) is 0.356. The lowest BCUT2D eigenvalue weighted by Gasteiger charge is -2.35.